The first kappa shape index (κ1) is 21.0. The van der Waals surface area contributed by atoms with E-state index in [0.717, 1.165) is 12.3 Å². The molecular weight excluding hydrogens is 437 g/mol. The zero-order chi connectivity index (χ0) is 19.3. The van der Waals surface area contributed by atoms with Crippen LogP contribution in [0, 0.1) is 0 Å². The maximum absolute atomic E-state index is 12.7. The molecule has 26 heavy (non-hydrogen) atoms. The average Bonchev–Trinajstić information content (AvgIpc) is 2.53. The number of benzene rings is 1. The summed E-state index contributed by atoms with van der Waals surface area (Å²) in [6.45, 7) is -0.0191. The molecule has 0 saturated heterocycles. The maximum Gasteiger partial charge on any atom is 0.433 e. The molecule has 0 saturated carbocycles. The highest BCUT2D eigenvalue weighted by Gasteiger charge is 2.32. The lowest BCUT2D eigenvalue weighted by atomic mass is 10.2. The second kappa shape index (κ2) is 9.04. The fourth-order valence-electron chi connectivity index (χ4n) is 1.81. The summed E-state index contributed by atoms with van der Waals surface area (Å²) in [5.41, 5.74) is -0.654. The Morgan fingerprint density at radius 2 is 1.69 bits per heavy atom. The van der Waals surface area contributed by atoms with Gasteiger partial charge in [-0.3, -0.25) is 4.98 Å². The van der Waals surface area contributed by atoms with Gasteiger partial charge in [-0.1, -0.05) is 46.4 Å². The van der Waals surface area contributed by atoms with Gasteiger partial charge >= 0.3 is 6.18 Å². The molecule has 0 aliphatic rings. The molecule has 0 radical (unpaired) electrons. The van der Waals surface area contributed by atoms with Crippen LogP contribution < -0.4 is 9.47 Å². The third-order valence-electron chi connectivity index (χ3n) is 3.01. The quantitative estimate of drug-likeness (QED) is 0.495. The highest BCUT2D eigenvalue weighted by molar-refractivity contribution is 6.55. The van der Waals surface area contributed by atoms with Crippen LogP contribution in [0.15, 0.2) is 41.0 Å². The van der Waals surface area contributed by atoms with Crippen molar-refractivity contribution in [2.75, 3.05) is 6.61 Å². The minimum Gasteiger partial charge on any atom is -0.489 e. The summed E-state index contributed by atoms with van der Waals surface area (Å²) in [7, 11) is 0. The molecule has 0 N–H and O–H groups in total. The number of halogens is 7. The Balaban J connectivity index is 2.09. The van der Waals surface area contributed by atoms with Gasteiger partial charge in [-0.15, -0.1) is 0 Å². The van der Waals surface area contributed by atoms with E-state index in [1.165, 1.54) is 24.3 Å². The predicted molar refractivity (Wildman–Crippen MR) is 95.3 cm³/mol. The van der Waals surface area contributed by atoms with E-state index >= 15 is 0 Å². The van der Waals surface area contributed by atoms with Crippen molar-refractivity contribution < 1.29 is 22.6 Å². The summed E-state index contributed by atoms with van der Waals surface area (Å²) in [4.78, 5) is 3.26. The van der Waals surface area contributed by atoms with Gasteiger partial charge in [0.2, 0.25) is 0 Å². The van der Waals surface area contributed by atoms with Crippen LogP contribution in [-0.4, -0.2) is 11.6 Å². The van der Waals surface area contributed by atoms with Crippen LogP contribution in [0.3, 0.4) is 0 Å². The molecule has 0 bridgehead atoms. The van der Waals surface area contributed by atoms with Gasteiger partial charge < -0.3 is 9.47 Å². The van der Waals surface area contributed by atoms with Gasteiger partial charge in [-0.25, -0.2) is 0 Å². The monoisotopic (exact) mass is 445 g/mol. The number of alkyl halides is 3. The third kappa shape index (κ3) is 6.13. The Hall–Kier alpha value is -1.34. The van der Waals surface area contributed by atoms with Crippen molar-refractivity contribution >= 4 is 46.4 Å². The topological polar surface area (TPSA) is 31.4 Å². The fraction of sp³-hybridized carbons (Fsp3) is 0.188. The summed E-state index contributed by atoms with van der Waals surface area (Å²) >= 11 is 23.2. The number of hydrogen-bond acceptors (Lipinski definition) is 3. The van der Waals surface area contributed by atoms with E-state index in [1.54, 1.807) is 0 Å². The van der Waals surface area contributed by atoms with Crippen LogP contribution in [0.2, 0.25) is 10.0 Å². The number of rotatable bonds is 6. The Morgan fingerprint density at radius 3 is 2.27 bits per heavy atom. The van der Waals surface area contributed by atoms with E-state index in [4.69, 9.17) is 55.9 Å². The van der Waals surface area contributed by atoms with Gasteiger partial charge in [0, 0.05) is 17.8 Å². The molecule has 2 rings (SSSR count). The number of nitrogens with zero attached hydrogens (tertiary/aromatic N) is 1. The van der Waals surface area contributed by atoms with Crippen LogP contribution in [0.25, 0.3) is 0 Å². The zero-order valence-corrected chi connectivity index (χ0v) is 15.8. The maximum atomic E-state index is 12.7. The Morgan fingerprint density at radius 1 is 1.04 bits per heavy atom. The largest absolute Gasteiger partial charge is 0.489 e. The standard InChI is InChI=1S/C16H10Cl4F3NO2/c17-12-5-10(25-4-2-15(19)20)6-13(18)11(12)8-26-9-1-3-24-14(7-9)16(21,22)23/h1-3,5-7H,4,8H2. The molecular formula is C16H10Cl4F3NO2. The lowest BCUT2D eigenvalue weighted by Crippen LogP contribution is -2.08. The van der Waals surface area contributed by atoms with Crippen molar-refractivity contribution in [3.8, 4) is 11.5 Å². The molecule has 0 aliphatic carbocycles. The number of ether oxygens (including phenoxy) is 2. The molecule has 140 valence electrons. The van der Waals surface area contributed by atoms with Gasteiger partial charge in [-0.2, -0.15) is 13.2 Å². The zero-order valence-electron chi connectivity index (χ0n) is 12.8. The van der Waals surface area contributed by atoms with E-state index in [-0.39, 0.29) is 33.5 Å². The summed E-state index contributed by atoms with van der Waals surface area (Å²) < 4.78 is 48.7. The summed E-state index contributed by atoms with van der Waals surface area (Å²) in [5.74, 6) is 0.361. The van der Waals surface area contributed by atoms with E-state index in [2.05, 4.69) is 4.98 Å². The molecule has 2 aromatic rings. The summed E-state index contributed by atoms with van der Waals surface area (Å²) in [6, 6.07) is 5.09. The average molecular weight is 447 g/mol. The Kier molecular flexibility index (Phi) is 7.29. The lowest BCUT2D eigenvalue weighted by molar-refractivity contribution is -0.141. The van der Waals surface area contributed by atoms with Gasteiger partial charge in [0.1, 0.15) is 34.9 Å². The van der Waals surface area contributed by atoms with Crippen LogP contribution in [0.4, 0.5) is 13.2 Å². The van der Waals surface area contributed by atoms with E-state index in [1.807, 2.05) is 0 Å². The molecule has 0 atom stereocenters. The van der Waals surface area contributed by atoms with Crippen LogP contribution in [-0.2, 0) is 12.8 Å². The number of aromatic nitrogens is 1. The molecule has 10 heteroatoms. The second-order valence-electron chi connectivity index (χ2n) is 4.83. The van der Waals surface area contributed by atoms with Crippen LogP contribution in [0.1, 0.15) is 11.3 Å². The minimum absolute atomic E-state index is 0.0123. The van der Waals surface area contributed by atoms with E-state index in [0.29, 0.717) is 11.3 Å². The van der Waals surface area contributed by atoms with Gasteiger partial charge in [0.25, 0.3) is 0 Å². The van der Waals surface area contributed by atoms with Crippen LogP contribution in [0.5, 0.6) is 11.5 Å². The minimum atomic E-state index is -4.56. The molecule has 0 unspecified atom stereocenters. The van der Waals surface area contributed by atoms with Gasteiger partial charge in [-0.05, 0) is 24.3 Å². The first-order valence-electron chi connectivity index (χ1n) is 6.94. The van der Waals surface area contributed by atoms with Crippen LogP contribution >= 0.6 is 46.4 Å². The molecule has 3 nitrogen and oxygen atoms in total. The summed E-state index contributed by atoms with van der Waals surface area (Å²) in [6.07, 6.45) is -2.12. The number of hydrogen-bond donors (Lipinski definition) is 0. The van der Waals surface area contributed by atoms with Crippen molar-refractivity contribution in [1.29, 1.82) is 0 Å². The predicted octanol–water partition coefficient (Wildman–Crippen LogP) is 6.68. The third-order valence-corrected chi connectivity index (χ3v) is 3.99. The normalized spacial score (nSPS) is 11.2. The molecule has 0 fully saturated rings. The van der Waals surface area contributed by atoms with Crippen molar-refractivity contribution in [2.24, 2.45) is 0 Å². The molecule has 0 amide bonds. The molecule has 1 aromatic carbocycles. The molecule has 0 aliphatic heterocycles. The highest BCUT2D eigenvalue weighted by atomic mass is 35.5. The van der Waals surface area contributed by atoms with Gasteiger partial charge in [0.05, 0.1) is 10.0 Å². The van der Waals surface area contributed by atoms with E-state index in [9.17, 15) is 13.2 Å². The molecule has 1 heterocycles. The highest BCUT2D eigenvalue weighted by Crippen LogP contribution is 2.33. The first-order chi connectivity index (χ1) is 12.2. The van der Waals surface area contributed by atoms with Crippen molar-refractivity contribution in [2.45, 2.75) is 12.8 Å². The lowest BCUT2D eigenvalue weighted by Gasteiger charge is -2.13. The Labute approximate surface area is 167 Å². The smallest absolute Gasteiger partial charge is 0.433 e. The van der Waals surface area contributed by atoms with Crippen molar-refractivity contribution in [1.82, 2.24) is 4.98 Å². The molecule has 0 spiro atoms. The van der Waals surface area contributed by atoms with Crippen molar-refractivity contribution in [3.63, 3.8) is 0 Å². The molecule has 1 aromatic heterocycles. The van der Waals surface area contributed by atoms with Gasteiger partial charge in [0.15, 0.2) is 0 Å². The number of pyridine rings is 1. The Bertz CT molecular complexity index is 785. The first-order valence-corrected chi connectivity index (χ1v) is 8.46. The fourth-order valence-corrected chi connectivity index (χ4v) is 2.52. The van der Waals surface area contributed by atoms with E-state index < -0.39 is 11.9 Å². The second-order valence-corrected chi connectivity index (χ2v) is 6.66. The van der Waals surface area contributed by atoms with Crippen molar-refractivity contribution in [3.05, 3.63) is 62.3 Å². The SMILES string of the molecule is FC(F)(F)c1cc(OCc2c(Cl)cc(OCC=C(Cl)Cl)cc2Cl)ccn1. The summed E-state index contributed by atoms with van der Waals surface area (Å²) in [5, 5.41) is 0.470.